The van der Waals surface area contributed by atoms with Gasteiger partial charge in [0.2, 0.25) is 0 Å². The van der Waals surface area contributed by atoms with Crippen LogP contribution in [0.5, 0.6) is 0 Å². The molecule has 6 heteroatoms. The summed E-state index contributed by atoms with van der Waals surface area (Å²) < 4.78 is 3.61. The minimum atomic E-state index is 0.563. The monoisotopic (exact) mass is 344 g/mol. The van der Waals surface area contributed by atoms with E-state index in [1.54, 1.807) is 17.1 Å². The summed E-state index contributed by atoms with van der Waals surface area (Å²) in [5.41, 5.74) is 7.76. The molecule has 0 spiro atoms. The first-order valence-electron chi connectivity index (χ1n) is 4.65. The summed E-state index contributed by atoms with van der Waals surface area (Å²) >= 11 is 6.82. The van der Waals surface area contributed by atoms with Crippen LogP contribution >= 0.6 is 31.9 Å². The maximum Gasteiger partial charge on any atom is 0.125 e. The van der Waals surface area contributed by atoms with Crippen LogP contribution in [0.1, 0.15) is 11.3 Å². The summed E-state index contributed by atoms with van der Waals surface area (Å²) in [5, 5.41) is 4.19. The second-order valence-electron chi connectivity index (χ2n) is 3.45. The standard InChI is InChI=1S/C10H10Br2N4/c1-6-3-15-16(10(6)13)5-9-8(12)2-7(11)4-14-9/h2-4H,5,13H2,1H3. The summed E-state index contributed by atoms with van der Waals surface area (Å²) in [6.45, 7) is 2.50. The normalized spacial score (nSPS) is 10.7. The van der Waals surface area contributed by atoms with E-state index >= 15 is 0 Å². The van der Waals surface area contributed by atoms with Crippen molar-refractivity contribution in [3.63, 3.8) is 0 Å². The summed E-state index contributed by atoms with van der Waals surface area (Å²) in [4.78, 5) is 4.31. The van der Waals surface area contributed by atoms with Crippen molar-refractivity contribution in [1.82, 2.24) is 14.8 Å². The van der Waals surface area contributed by atoms with Crippen LogP contribution in [0, 0.1) is 6.92 Å². The van der Waals surface area contributed by atoms with E-state index in [2.05, 4.69) is 41.9 Å². The molecule has 0 fully saturated rings. The maximum absolute atomic E-state index is 5.88. The molecule has 0 unspecified atom stereocenters. The lowest BCUT2D eigenvalue weighted by atomic mass is 10.3. The second-order valence-corrected chi connectivity index (χ2v) is 5.22. The van der Waals surface area contributed by atoms with E-state index in [0.29, 0.717) is 12.4 Å². The zero-order valence-corrected chi connectivity index (χ0v) is 11.8. The van der Waals surface area contributed by atoms with Gasteiger partial charge in [0.05, 0.1) is 18.4 Å². The van der Waals surface area contributed by atoms with Gasteiger partial charge in [0, 0.05) is 20.7 Å². The van der Waals surface area contributed by atoms with Crippen molar-refractivity contribution < 1.29 is 0 Å². The number of hydrogen-bond acceptors (Lipinski definition) is 3. The molecule has 2 aromatic heterocycles. The van der Waals surface area contributed by atoms with E-state index < -0.39 is 0 Å². The van der Waals surface area contributed by atoms with Gasteiger partial charge in [-0.05, 0) is 44.8 Å². The average molecular weight is 346 g/mol. The molecule has 0 aliphatic rings. The Morgan fingerprint density at radius 2 is 2.12 bits per heavy atom. The third-order valence-electron chi connectivity index (χ3n) is 2.26. The van der Waals surface area contributed by atoms with Gasteiger partial charge < -0.3 is 5.73 Å². The number of aryl methyl sites for hydroxylation is 1. The second kappa shape index (κ2) is 4.55. The third kappa shape index (κ3) is 2.27. The average Bonchev–Trinajstić information content (AvgIpc) is 2.54. The van der Waals surface area contributed by atoms with Gasteiger partial charge in [-0.2, -0.15) is 5.10 Å². The number of halogens is 2. The quantitative estimate of drug-likeness (QED) is 0.910. The van der Waals surface area contributed by atoms with Crippen LogP contribution in [-0.4, -0.2) is 14.8 Å². The molecule has 0 saturated heterocycles. The van der Waals surface area contributed by atoms with E-state index in [-0.39, 0.29) is 0 Å². The Labute approximate surface area is 110 Å². The molecule has 0 amide bonds. The highest BCUT2D eigenvalue weighted by atomic mass is 79.9. The zero-order valence-electron chi connectivity index (χ0n) is 8.61. The highest BCUT2D eigenvalue weighted by molar-refractivity contribution is 9.11. The van der Waals surface area contributed by atoms with E-state index in [1.165, 1.54) is 0 Å². The minimum Gasteiger partial charge on any atom is -0.384 e. The van der Waals surface area contributed by atoms with Crippen LogP contribution in [-0.2, 0) is 6.54 Å². The maximum atomic E-state index is 5.88. The third-order valence-corrected chi connectivity index (χ3v) is 3.38. The molecule has 2 aromatic rings. The molecule has 0 atom stereocenters. The van der Waals surface area contributed by atoms with Gasteiger partial charge in [0.15, 0.2) is 0 Å². The lowest BCUT2D eigenvalue weighted by Crippen LogP contribution is -2.08. The van der Waals surface area contributed by atoms with E-state index in [0.717, 1.165) is 20.2 Å². The van der Waals surface area contributed by atoms with Crippen molar-refractivity contribution in [3.05, 3.63) is 38.7 Å². The van der Waals surface area contributed by atoms with Crippen LogP contribution < -0.4 is 5.73 Å². The topological polar surface area (TPSA) is 56.7 Å². The van der Waals surface area contributed by atoms with Gasteiger partial charge in [-0.25, -0.2) is 4.68 Å². The largest absolute Gasteiger partial charge is 0.384 e. The number of nitrogens with two attached hydrogens (primary N) is 1. The fourth-order valence-electron chi connectivity index (χ4n) is 1.32. The molecule has 2 N–H and O–H groups in total. The summed E-state index contributed by atoms with van der Waals surface area (Å²) in [6, 6.07) is 1.95. The minimum absolute atomic E-state index is 0.563. The molecular weight excluding hydrogens is 336 g/mol. The number of rotatable bonds is 2. The molecule has 0 aromatic carbocycles. The Kier molecular flexibility index (Phi) is 3.30. The van der Waals surface area contributed by atoms with Crippen LogP contribution in [0.15, 0.2) is 27.4 Å². The Balaban J connectivity index is 2.30. The van der Waals surface area contributed by atoms with Crippen molar-refractivity contribution in [2.75, 3.05) is 5.73 Å². The molecule has 0 saturated carbocycles. The molecule has 2 rings (SSSR count). The van der Waals surface area contributed by atoms with E-state index in [4.69, 9.17) is 5.73 Å². The molecular formula is C10H10Br2N4. The smallest absolute Gasteiger partial charge is 0.125 e. The SMILES string of the molecule is Cc1cnn(Cc2ncc(Br)cc2Br)c1N. The lowest BCUT2D eigenvalue weighted by Gasteiger charge is -2.06. The van der Waals surface area contributed by atoms with Gasteiger partial charge in [-0.1, -0.05) is 0 Å². The Hall–Kier alpha value is -0.880. The Bertz CT molecular complexity index is 522. The fourth-order valence-corrected chi connectivity index (χ4v) is 2.43. The first-order chi connectivity index (χ1) is 7.58. The zero-order chi connectivity index (χ0) is 11.7. The summed E-state index contributed by atoms with van der Waals surface area (Å²) in [7, 11) is 0. The first-order valence-corrected chi connectivity index (χ1v) is 6.24. The molecule has 0 bridgehead atoms. The number of anilines is 1. The van der Waals surface area contributed by atoms with E-state index in [9.17, 15) is 0 Å². The number of nitrogens with zero attached hydrogens (tertiary/aromatic N) is 3. The molecule has 84 valence electrons. The predicted octanol–water partition coefficient (Wildman–Crippen LogP) is 2.74. The predicted molar refractivity (Wildman–Crippen MR) is 70.1 cm³/mol. The molecule has 2 heterocycles. The molecule has 0 aliphatic carbocycles. The van der Waals surface area contributed by atoms with Crippen molar-refractivity contribution >= 4 is 37.7 Å². The van der Waals surface area contributed by atoms with Crippen LogP contribution in [0.3, 0.4) is 0 Å². The van der Waals surface area contributed by atoms with Gasteiger partial charge in [-0.15, -0.1) is 0 Å². The number of pyridine rings is 1. The van der Waals surface area contributed by atoms with Crippen molar-refractivity contribution in [1.29, 1.82) is 0 Å². The van der Waals surface area contributed by atoms with Gasteiger partial charge in [0.1, 0.15) is 5.82 Å². The molecule has 16 heavy (non-hydrogen) atoms. The Morgan fingerprint density at radius 3 is 2.69 bits per heavy atom. The Morgan fingerprint density at radius 1 is 1.38 bits per heavy atom. The molecule has 0 radical (unpaired) electrons. The van der Waals surface area contributed by atoms with E-state index in [1.807, 2.05) is 13.0 Å². The lowest BCUT2D eigenvalue weighted by molar-refractivity contribution is 0.679. The van der Waals surface area contributed by atoms with Gasteiger partial charge in [0.25, 0.3) is 0 Å². The van der Waals surface area contributed by atoms with Crippen LogP contribution in [0.25, 0.3) is 0 Å². The van der Waals surface area contributed by atoms with Crippen molar-refractivity contribution in [2.24, 2.45) is 0 Å². The van der Waals surface area contributed by atoms with Crippen LogP contribution in [0.2, 0.25) is 0 Å². The first kappa shape index (κ1) is 11.6. The highest BCUT2D eigenvalue weighted by Crippen LogP contribution is 2.21. The van der Waals surface area contributed by atoms with Crippen molar-refractivity contribution in [2.45, 2.75) is 13.5 Å². The highest BCUT2D eigenvalue weighted by Gasteiger charge is 2.07. The molecule has 0 aliphatic heterocycles. The number of aromatic nitrogens is 3. The summed E-state index contributed by atoms with van der Waals surface area (Å²) in [6.07, 6.45) is 3.51. The van der Waals surface area contributed by atoms with Crippen molar-refractivity contribution in [3.8, 4) is 0 Å². The molecule has 4 nitrogen and oxygen atoms in total. The van der Waals surface area contributed by atoms with Gasteiger partial charge in [-0.3, -0.25) is 4.98 Å². The number of hydrogen-bond donors (Lipinski definition) is 1. The van der Waals surface area contributed by atoms with Gasteiger partial charge >= 0.3 is 0 Å². The number of nitrogen functional groups attached to an aromatic ring is 1. The van der Waals surface area contributed by atoms with Crippen LogP contribution in [0.4, 0.5) is 5.82 Å². The fraction of sp³-hybridized carbons (Fsp3) is 0.200. The summed E-state index contributed by atoms with van der Waals surface area (Å²) in [5.74, 6) is 0.677.